The molecule has 0 spiro atoms. The van der Waals surface area contributed by atoms with E-state index in [1.165, 1.54) is 0 Å². The number of aromatic nitrogens is 2. The second-order valence-corrected chi connectivity index (χ2v) is 7.50. The van der Waals surface area contributed by atoms with E-state index in [-0.39, 0.29) is 12.1 Å². The van der Waals surface area contributed by atoms with Gasteiger partial charge in [-0.25, -0.2) is 8.42 Å². The Kier molecular flexibility index (Phi) is 4.51. The van der Waals surface area contributed by atoms with Gasteiger partial charge in [0, 0.05) is 31.7 Å². The summed E-state index contributed by atoms with van der Waals surface area (Å²) in [5.74, 6) is 0. The molecule has 1 aliphatic rings. The van der Waals surface area contributed by atoms with Crippen LogP contribution < -0.4 is 0 Å². The Labute approximate surface area is 121 Å². The predicted molar refractivity (Wildman–Crippen MR) is 78.1 cm³/mol. The Morgan fingerprint density at radius 1 is 1.40 bits per heavy atom. The van der Waals surface area contributed by atoms with Crippen molar-refractivity contribution >= 4 is 10.0 Å². The molecule has 0 radical (unpaired) electrons. The van der Waals surface area contributed by atoms with Crippen molar-refractivity contribution in [3.8, 4) is 0 Å². The third kappa shape index (κ3) is 2.75. The molecule has 0 saturated carbocycles. The summed E-state index contributed by atoms with van der Waals surface area (Å²) in [6, 6.07) is 1.91. The van der Waals surface area contributed by atoms with Crippen LogP contribution in [0.1, 0.15) is 33.2 Å². The van der Waals surface area contributed by atoms with Gasteiger partial charge in [0.1, 0.15) is 0 Å². The Hall–Kier alpha value is -0.920. The highest BCUT2D eigenvalue weighted by molar-refractivity contribution is 7.89. The Balaban J connectivity index is 2.29. The molecule has 1 aromatic heterocycles. The summed E-state index contributed by atoms with van der Waals surface area (Å²) in [6.45, 7) is 7.83. The summed E-state index contributed by atoms with van der Waals surface area (Å²) in [5, 5.41) is 4.43. The fourth-order valence-corrected chi connectivity index (χ4v) is 4.29. The van der Waals surface area contributed by atoms with Gasteiger partial charge in [-0.1, -0.05) is 6.92 Å². The van der Waals surface area contributed by atoms with Crippen LogP contribution >= 0.6 is 0 Å². The minimum atomic E-state index is -3.45. The molecule has 1 saturated heterocycles. The third-order valence-electron chi connectivity index (χ3n) is 3.94. The van der Waals surface area contributed by atoms with Crippen molar-refractivity contribution in [2.75, 3.05) is 26.7 Å². The predicted octanol–water partition coefficient (Wildman–Crippen LogP) is 1.18. The summed E-state index contributed by atoms with van der Waals surface area (Å²) < 4.78 is 28.7. The van der Waals surface area contributed by atoms with Gasteiger partial charge in [0.15, 0.2) is 5.03 Å². The van der Waals surface area contributed by atoms with Crippen molar-refractivity contribution in [3.63, 3.8) is 0 Å². The molecule has 0 amide bonds. The van der Waals surface area contributed by atoms with Gasteiger partial charge < -0.3 is 4.90 Å². The standard InChI is InChI=1S/C13H24N4O2S/c1-5-12-10-16(9-8-15(12)4)20(18,19)13-6-7-14-17(13)11(2)3/h6-7,11-12H,5,8-10H2,1-4H3/t12-/m0/s1. The van der Waals surface area contributed by atoms with E-state index in [0.29, 0.717) is 18.1 Å². The molecule has 2 heterocycles. The van der Waals surface area contributed by atoms with E-state index in [1.807, 2.05) is 13.8 Å². The SMILES string of the molecule is CC[C@H]1CN(S(=O)(=O)c2ccnn2C(C)C)CCN1C. The van der Waals surface area contributed by atoms with Crippen molar-refractivity contribution in [2.45, 2.75) is 44.3 Å². The Bertz CT molecular complexity index is 552. The molecule has 6 nitrogen and oxygen atoms in total. The van der Waals surface area contributed by atoms with Crippen LogP contribution in [0.3, 0.4) is 0 Å². The molecule has 20 heavy (non-hydrogen) atoms. The average Bonchev–Trinajstić information content (AvgIpc) is 2.89. The van der Waals surface area contributed by atoms with Crippen molar-refractivity contribution < 1.29 is 8.42 Å². The first-order valence-electron chi connectivity index (χ1n) is 7.11. The number of sulfonamides is 1. The number of nitrogens with zero attached hydrogens (tertiary/aromatic N) is 4. The largest absolute Gasteiger partial charge is 0.301 e. The van der Waals surface area contributed by atoms with Crippen LogP contribution in [0.25, 0.3) is 0 Å². The molecule has 2 rings (SSSR count). The summed E-state index contributed by atoms with van der Waals surface area (Å²) >= 11 is 0. The number of hydrogen-bond acceptors (Lipinski definition) is 4. The van der Waals surface area contributed by atoms with Crippen molar-refractivity contribution in [1.82, 2.24) is 19.0 Å². The van der Waals surface area contributed by atoms with Gasteiger partial charge in [-0.3, -0.25) is 4.68 Å². The highest BCUT2D eigenvalue weighted by Crippen LogP contribution is 2.22. The molecule has 1 atom stereocenters. The van der Waals surface area contributed by atoms with Gasteiger partial charge in [0.05, 0.1) is 6.20 Å². The molecule has 1 aliphatic heterocycles. The Morgan fingerprint density at radius 3 is 2.70 bits per heavy atom. The van der Waals surface area contributed by atoms with E-state index in [0.717, 1.165) is 13.0 Å². The number of rotatable bonds is 4. The molecule has 114 valence electrons. The molecule has 0 aliphatic carbocycles. The van der Waals surface area contributed by atoms with Crippen LogP contribution in [0.4, 0.5) is 0 Å². The van der Waals surface area contributed by atoms with Crippen LogP contribution in [-0.2, 0) is 10.0 Å². The molecule has 1 fully saturated rings. The zero-order chi connectivity index (χ0) is 14.9. The fourth-order valence-electron chi connectivity index (χ4n) is 2.60. The van der Waals surface area contributed by atoms with Crippen LogP contribution in [0, 0.1) is 0 Å². The van der Waals surface area contributed by atoms with Gasteiger partial charge in [0.2, 0.25) is 0 Å². The summed E-state index contributed by atoms with van der Waals surface area (Å²) in [6.07, 6.45) is 2.51. The quantitative estimate of drug-likeness (QED) is 0.838. The van der Waals surface area contributed by atoms with Gasteiger partial charge in [0.25, 0.3) is 10.0 Å². The minimum absolute atomic E-state index is 0.0317. The summed E-state index contributed by atoms with van der Waals surface area (Å²) in [4.78, 5) is 2.23. The molecule has 0 N–H and O–H groups in total. The van der Waals surface area contributed by atoms with Crippen LogP contribution in [0.15, 0.2) is 17.3 Å². The zero-order valence-corrected chi connectivity index (χ0v) is 13.5. The summed E-state index contributed by atoms with van der Waals surface area (Å²) in [7, 11) is -1.40. The van der Waals surface area contributed by atoms with Gasteiger partial charge in [-0.15, -0.1) is 0 Å². The second kappa shape index (κ2) is 5.83. The fraction of sp³-hybridized carbons (Fsp3) is 0.769. The molecular formula is C13H24N4O2S. The summed E-state index contributed by atoms with van der Waals surface area (Å²) in [5.41, 5.74) is 0. The lowest BCUT2D eigenvalue weighted by Gasteiger charge is -2.38. The van der Waals surface area contributed by atoms with Gasteiger partial charge >= 0.3 is 0 Å². The third-order valence-corrected chi connectivity index (χ3v) is 5.80. The highest BCUT2D eigenvalue weighted by atomic mass is 32.2. The second-order valence-electron chi connectivity index (χ2n) is 5.61. The van der Waals surface area contributed by atoms with E-state index in [1.54, 1.807) is 21.3 Å². The van der Waals surface area contributed by atoms with E-state index >= 15 is 0 Å². The van der Waals surface area contributed by atoms with E-state index in [2.05, 4.69) is 24.0 Å². The molecule has 0 unspecified atom stereocenters. The first kappa shape index (κ1) is 15.5. The zero-order valence-electron chi connectivity index (χ0n) is 12.7. The number of piperazine rings is 1. The maximum atomic E-state index is 12.8. The van der Waals surface area contributed by atoms with Crippen molar-refractivity contribution in [3.05, 3.63) is 12.3 Å². The van der Waals surface area contributed by atoms with Gasteiger partial charge in [-0.05, 0) is 33.4 Å². The molecule has 1 aromatic rings. The van der Waals surface area contributed by atoms with Crippen LogP contribution in [-0.4, -0.2) is 60.1 Å². The van der Waals surface area contributed by atoms with E-state index in [4.69, 9.17) is 0 Å². The monoisotopic (exact) mass is 300 g/mol. The maximum absolute atomic E-state index is 12.8. The topological polar surface area (TPSA) is 58.4 Å². The van der Waals surface area contributed by atoms with Crippen LogP contribution in [0.5, 0.6) is 0 Å². The molecule has 0 bridgehead atoms. The maximum Gasteiger partial charge on any atom is 0.260 e. The van der Waals surface area contributed by atoms with E-state index in [9.17, 15) is 8.42 Å². The Morgan fingerprint density at radius 2 is 2.10 bits per heavy atom. The first-order valence-corrected chi connectivity index (χ1v) is 8.55. The highest BCUT2D eigenvalue weighted by Gasteiger charge is 2.34. The number of likely N-dealkylation sites (N-methyl/N-ethyl adjacent to an activating group) is 1. The first-order chi connectivity index (χ1) is 9.37. The lowest BCUT2D eigenvalue weighted by Crippen LogP contribution is -2.53. The lowest BCUT2D eigenvalue weighted by atomic mass is 10.1. The van der Waals surface area contributed by atoms with Crippen molar-refractivity contribution in [1.29, 1.82) is 0 Å². The number of hydrogen-bond donors (Lipinski definition) is 0. The smallest absolute Gasteiger partial charge is 0.260 e. The molecule has 7 heteroatoms. The lowest BCUT2D eigenvalue weighted by molar-refractivity contribution is 0.143. The molecular weight excluding hydrogens is 276 g/mol. The van der Waals surface area contributed by atoms with Crippen LogP contribution in [0.2, 0.25) is 0 Å². The minimum Gasteiger partial charge on any atom is -0.301 e. The van der Waals surface area contributed by atoms with Crippen molar-refractivity contribution in [2.24, 2.45) is 0 Å². The van der Waals surface area contributed by atoms with Gasteiger partial charge in [-0.2, -0.15) is 9.40 Å². The normalized spacial score (nSPS) is 22.6. The van der Waals surface area contributed by atoms with E-state index < -0.39 is 10.0 Å². The average molecular weight is 300 g/mol. The molecule has 0 aromatic carbocycles.